The summed E-state index contributed by atoms with van der Waals surface area (Å²) in [6.45, 7) is 7.59. The van der Waals surface area contributed by atoms with E-state index in [1.165, 1.54) is 11.3 Å². The van der Waals surface area contributed by atoms with E-state index in [9.17, 15) is 9.59 Å². The highest BCUT2D eigenvalue weighted by Crippen LogP contribution is 2.43. The lowest BCUT2D eigenvalue weighted by molar-refractivity contribution is -0.124. The van der Waals surface area contributed by atoms with Gasteiger partial charge in [-0.25, -0.2) is 0 Å². The Morgan fingerprint density at radius 2 is 1.86 bits per heavy atom. The zero-order valence-corrected chi connectivity index (χ0v) is 22.9. The Labute approximate surface area is 227 Å². The van der Waals surface area contributed by atoms with Crippen LogP contribution in [0.3, 0.4) is 0 Å². The number of aryl methyl sites for hydroxylation is 1. The van der Waals surface area contributed by atoms with Gasteiger partial charge in [-0.1, -0.05) is 41.9 Å². The van der Waals surface area contributed by atoms with E-state index in [1.54, 1.807) is 23.3 Å². The van der Waals surface area contributed by atoms with Crippen molar-refractivity contribution in [2.24, 2.45) is 0 Å². The monoisotopic (exact) mass is 536 g/mol. The number of carbonyl (C=O) groups excluding carboxylic acids is 2. The Hall–Kier alpha value is -2.87. The smallest absolute Gasteiger partial charge is 0.254 e. The van der Waals surface area contributed by atoms with Gasteiger partial charge in [0.25, 0.3) is 5.91 Å². The third kappa shape index (κ3) is 5.40. The standard InChI is InChI=1S/C29H33ClN4O2S/c1-20-10-11-21(30)19-24(20)34-16-14-33(15-17-34)13-6-12-31-28(35)26-22-7-3-4-8-23(22)29(36)32(2)27(26)25-9-5-18-37-25/h3-5,7-11,18-19,26-27H,6,12-17H2,1-2H3,(H,31,35)/t26-,27+/m1/s1. The fourth-order valence-electron chi connectivity index (χ4n) is 5.53. The number of hydrogen-bond acceptors (Lipinski definition) is 5. The third-order valence-electron chi connectivity index (χ3n) is 7.53. The van der Waals surface area contributed by atoms with Crippen molar-refractivity contribution < 1.29 is 9.59 Å². The SMILES string of the molecule is Cc1ccc(Cl)cc1N1CCN(CCCNC(=O)[C@@H]2c3ccccc3C(=O)N(C)[C@H]2c2cccs2)CC1. The molecule has 2 aliphatic heterocycles. The summed E-state index contributed by atoms with van der Waals surface area (Å²) in [7, 11) is 1.80. The van der Waals surface area contributed by atoms with Crippen LogP contribution in [0.15, 0.2) is 60.0 Å². The summed E-state index contributed by atoms with van der Waals surface area (Å²) >= 11 is 7.81. The van der Waals surface area contributed by atoms with Crippen molar-refractivity contribution in [3.63, 3.8) is 0 Å². The van der Waals surface area contributed by atoms with Crippen molar-refractivity contribution in [1.29, 1.82) is 0 Å². The fourth-order valence-corrected chi connectivity index (χ4v) is 6.60. The molecule has 1 saturated heterocycles. The number of halogens is 1. The van der Waals surface area contributed by atoms with Crippen molar-refractivity contribution in [1.82, 2.24) is 15.1 Å². The first-order chi connectivity index (χ1) is 17.9. The van der Waals surface area contributed by atoms with Gasteiger partial charge in [0.2, 0.25) is 5.91 Å². The maximum Gasteiger partial charge on any atom is 0.254 e. The summed E-state index contributed by atoms with van der Waals surface area (Å²) in [5.41, 5.74) is 3.90. The van der Waals surface area contributed by atoms with E-state index in [0.29, 0.717) is 12.1 Å². The molecule has 8 heteroatoms. The predicted molar refractivity (Wildman–Crippen MR) is 151 cm³/mol. The van der Waals surface area contributed by atoms with Crippen LogP contribution in [0.1, 0.15) is 44.7 Å². The number of nitrogens with one attached hydrogen (secondary N) is 1. The van der Waals surface area contributed by atoms with Crippen LogP contribution in [0.2, 0.25) is 5.02 Å². The summed E-state index contributed by atoms with van der Waals surface area (Å²) in [6.07, 6.45) is 0.884. The van der Waals surface area contributed by atoms with E-state index in [-0.39, 0.29) is 17.9 Å². The molecule has 2 atom stereocenters. The van der Waals surface area contributed by atoms with Gasteiger partial charge in [-0.05, 0) is 60.7 Å². The molecular weight excluding hydrogens is 504 g/mol. The molecule has 6 nitrogen and oxygen atoms in total. The van der Waals surface area contributed by atoms with Gasteiger partial charge in [0, 0.05) is 60.9 Å². The molecule has 0 aliphatic carbocycles. The van der Waals surface area contributed by atoms with Crippen LogP contribution in [-0.2, 0) is 4.79 Å². The highest BCUT2D eigenvalue weighted by molar-refractivity contribution is 7.10. The molecule has 1 aromatic heterocycles. The number of fused-ring (bicyclic) bond motifs is 1. The number of hydrogen-bond donors (Lipinski definition) is 1. The number of thiophene rings is 1. The van der Waals surface area contributed by atoms with Gasteiger partial charge < -0.3 is 15.1 Å². The minimum Gasteiger partial charge on any atom is -0.369 e. The van der Waals surface area contributed by atoms with Gasteiger partial charge in [0.15, 0.2) is 0 Å². The normalized spacial score (nSPS) is 20.1. The zero-order valence-electron chi connectivity index (χ0n) is 21.3. The van der Waals surface area contributed by atoms with Gasteiger partial charge in [-0.15, -0.1) is 11.3 Å². The van der Waals surface area contributed by atoms with Gasteiger partial charge in [-0.3, -0.25) is 14.5 Å². The summed E-state index contributed by atoms with van der Waals surface area (Å²) in [5.74, 6) is -0.487. The first-order valence-corrected chi connectivity index (χ1v) is 14.1. The van der Waals surface area contributed by atoms with Crippen molar-refractivity contribution in [3.05, 3.63) is 86.6 Å². The molecule has 2 amide bonds. The minimum atomic E-state index is -0.429. The summed E-state index contributed by atoms with van der Waals surface area (Å²) < 4.78 is 0. The molecule has 2 aliphatic rings. The second kappa shape index (κ2) is 11.3. The maximum absolute atomic E-state index is 13.6. The Bertz CT molecular complexity index is 1260. The maximum atomic E-state index is 13.6. The molecule has 5 rings (SSSR count). The zero-order chi connectivity index (χ0) is 25.9. The van der Waals surface area contributed by atoms with E-state index in [0.717, 1.165) is 54.6 Å². The number of rotatable bonds is 7. The lowest BCUT2D eigenvalue weighted by atomic mass is 9.81. The van der Waals surface area contributed by atoms with E-state index >= 15 is 0 Å². The summed E-state index contributed by atoms with van der Waals surface area (Å²) in [4.78, 5) is 34.2. The van der Waals surface area contributed by atoms with Crippen LogP contribution in [0.4, 0.5) is 5.69 Å². The molecule has 3 aromatic rings. The second-order valence-corrected chi connectivity index (χ2v) is 11.3. The first-order valence-electron chi connectivity index (χ1n) is 12.8. The van der Waals surface area contributed by atoms with Crippen molar-refractivity contribution in [2.75, 3.05) is 51.2 Å². The van der Waals surface area contributed by atoms with Crippen LogP contribution in [0, 0.1) is 6.92 Å². The molecular formula is C29H33ClN4O2S. The average molecular weight is 537 g/mol. The van der Waals surface area contributed by atoms with E-state index in [2.05, 4.69) is 34.2 Å². The lowest BCUT2D eigenvalue weighted by Crippen LogP contribution is -2.47. The molecule has 2 aromatic carbocycles. The molecule has 0 radical (unpaired) electrons. The number of carbonyl (C=O) groups is 2. The quantitative estimate of drug-likeness (QED) is 0.434. The highest BCUT2D eigenvalue weighted by atomic mass is 35.5. The second-order valence-electron chi connectivity index (χ2n) is 9.85. The first kappa shape index (κ1) is 25.8. The predicted octanol–water partition coefficient (Wildman–Crippen LogP) is 4.95. The molecule has 3 heterocycles. The van der Waals surface area contributed by atoms with Crippen molar-refractivity contribution in [2.45, 2.75) is 25.3 Å². The molecule has 1 N–H and O–H groups in total. The number of likely N-dealkylation sites (N-methyl/N-ethyl adjacent to an activating group) is 1. The van der Waals surface area contributed by atoms with E-state index < -0.39 is 5.92 Å². The Morgan fingerprint density at radius 3 is 2.62 bits per heavy atom. The van der Waals surface area contributed by atoms with Crippen LogP contribution in [-0.4, -0.2) is 67.9 Å². The molecule has 0 unspecified atom stereocenters. The number of piperazine rings is 1. The van der Waals surface area contributed by atoms with Crippen LogP contribution < -0.4 is 10.2 Å². The molecule has 0 bridgehead atoms. The molecule has 37 heavy (non-hydrogen) atoms. The molecule has 0 saturated carbocycles. The Balaban J connectivity index is 1.17. The number of benzene rings is 2. The topological polar surface area (TPSA) is 55.9 Å². The average Bonchev–Trinajstić information content (AvgIpc) is 3.45. The van der Waals surface area contributed by atoms with Gasteiger partial charge in [0.1, 0.15) is 0 Å². The van der Waals surface area contributed by atoms with E-state index in [1.807, 2.05) is 47.8 Å². The Morgan fingerprint density at radius 1 is 1.08 bits per heavy atom. The third-order valence-corrected chi connectivity index (χ3v) is 8.71. The molecule has 1 fully saturated rings. The summed E-state index contributed by atoms with van der Waals surface area (Å²) in [5, 5.41) is 5.96. The minimum absolute atomic E-state index is 0.0218. The van der Waals surface area contributed by atoms with Crippen LogP contribution >= 0.6 is 22.9 Å². The number of amides is 2. The van der Waals surface area contributed by atoms with Gasteiger partial charge >= 0.3 is 0 Å². The highest BCUT2D eigenvalue weighted by Gasteiger charge is 2.42. The summed E-state index contributed by atoms with van der Waals surface area (Å²) in [6, 6.07) is 17.3. The number of anilines is 1. The Kier molecular flexibility index (Phi) is 7.84. The van der Waals surface area contributed by atoms with Crippen molar-refractivity contribution in [3.8, 4) is 0 Å². The van der Waals surface area contributed by atoms with Gasteiger partial charge in [0.05, 0.1) is 12.0 Å². The van der Waals surface area contributed by atoms with Crippen LogP contribution in [0.5, 0.6) is 0 Å². The van der Waals surface area contributed by atoms with E-state index in [4.69, 9.17) is 11.6 Å². The lowest BCUT2D eigenvalue weighted by Gasteiger charge is -2.39. The molecule has 0 spiro atoms. The van der Waals surface area contributed by atoms with Crippen molar-refractivity contribution >= 4 is 40.4 Å². The largest absolute Gasteiger partial charge is 0.369 e. The number of nitrogens with zero attached hydrogens (tertiary/aromatic N) is 3. The molecule has 194 valence electrons. The fraction of sp³-hybridized carbons (Fsp3) is 0.379. The van der Waals surface area contributed by atoms with Crippen LogP contribution in [0.25, 0.3) is 0 Å². The van der Waals surface area contributed by atoms with Gasteiger partial charge in [-0.2, -0.15) is 0 Å².